The first kappa shape index (κ1) is 21.4. The monoisotopic (exact) mass is 452 g/mol. The van der Waals surface area contributed by atoms with Gasteiger partial charge in [-0.05, 0) is 23.8 Å². The Bertz CT molecular complexity index is 821. The third kappa shape index (κ3) is 5.18. The van der Waals surface area contributed by atoms with Crippen LogP contribution in [0, 0.1) is 0 Å². The summed E-state index contributed by atoms with van der Waals surface area (Å²) in [6.07, 6.45) is -4.39. The van der Waals surface area contributed by atoms with Crippen LogP contribution < -0.4 is 5.32 Å². The molecule has 1 aliphatic rings. The number of hydrogen-bond donors (Lipinski definition) is 1. The maximum atomic E-state index is 12.9. The third-order valence-corrected chi connectivity index (χ3v) is 5.95. The molecular weight excluding hydrogens is 436 g/mol. The quantitative estimate of drug-likeness (QED) is 0.702. The molecule has 1 aromatic heterocycles. The zero-order valence-electron chi connectivity index (χ0n) is 14.6. The second kappa shape index (κ2) is 9.00. The van der Waals surface area contributed by atoms with Crippen molar-refractivity contribution in [1.82, 2.24) is 10.2 Å². The van der Waals surface area contributed by atoms with E-state index >= 15 is 0 Å². The van der Waals surface area contributed by atoms with E-state index in [-0.39, 0.29) is 24.1 Å². The number of alkyl halides is 3. The fourth-order valence-electron chi connectivity index (χ4n) is 3.02. The van der Waals surface area contributed by atoms with E-state index in [0.717, 1.165) is 23.5 Å². The fourth-order valence-corrected chi connectivity index (χ4v) is 4.48. The van der Waals surface area contributed by atoms with Crippen molar-refractivity contribution in [3.63, 3.8) is 0 Å². The Balaban J connectivity index is 1.77. The van der Waals surface area contributed by atoms with E-state index in [1.807, 2.05) is 0 Å². The van der Waals surface area contributed by atoms with Gasteiger partial charge in [0.1, 0.15) is 4.34 Å². The average Bonchev–Trinajstić information content (AvgIpc) is 3.00. The molecule has 0 radical (unpaired) electrons. The summed E-state index contributed by atoms with van der Waals surface area (Å²) in [5.41, 5.74) is 0.259. The zero-order chi connectivity index (χ0) is 20.3. The van der Waals surface area contributed by atoms with Gasteiger partial charge in [-0.1, -0.05) is 35.3 Å². The number of nitrogens with one attached hydrogen (secondary N) is 1. The first-order valence-corrected chi connectivity index (χ1v) is 10.0. The maximum Gasteiger partial charge on any atom is 0.416 e. The van der Waals surface area contributed by atoms with Crippen LogP contribution >= 0.6 is 34.5 Å². The lowest BCUT2D eigenvalue weighted by Crippen LogP contribution is -2.43. The van der Waals surface area contributed by atoms with Crippen LogP contribution in [0.2, 0.25) is 8.67 Å². The lowest BCUT2D eigenvalue weighted by atomic mass is 10.0. The topological polar surface area (TPSA) is 41.6 Å². The molecule has 1 atom stereocenters. The molecule has 1 fully saturated rings. The van der Waals surface area contributed by atoms with Gasteiger partial charge in [0, 0.05) is 19.6 Å². The molecule has 152 valence electrons. The van der Waals surface area contributed by atoms with Crippen molar-refractivity contribution in [3.8, 4) is 0 Å². The van der Waals surface area contributed by atoms with E-state index in [4.69, 9.17) is 27.9 Å². The predicted molar refractivity (Wildman–Crippen MR) is 103 cm³/mol. The van der Waals surface area contributed by atoms with E-state index in [2.05, 4.69) is 10.2 Å². The Morgan fingerprint density at radius 1 is 1.21 bits per heavy atom. The second-order valence-corrected chi connectivity index (χ2v) is 8.52. The Kier molecular flexibility index (Phi) is 6.88. The average molecular weight is 453 g/mol. The van der Waals surface area contributed by atoms with Gasteiger partial charge >= 0.3 is 6.18 Å². The number of nitrogens with zero attached hydrogens (tertiary/aromatic N) is 1. The number of carbonyl (C=O) groups excluding carboxylic acids is 1. The first-order valence-electron chi connectivity index (χ1n) is 8.47. The van der Waals surface area contributed by atoms with Gasteiger partial charge < -0.3 is 10.1 Å². The molecule has 28 heavy (non-hydrogen) atoms. The molecular formula is C18H17Cl2F3N2O2S. The number of rotatable bonds is 5. The van der Waals surface area contributed by atoms with Crippen LogP contribution in [0.1, 0.15) is 27.5 Å². The lowest BCUT2D eigenvalue weighted by Gasteiger charge is -2.35. The van der Waals surface area contributed by atoms with Gasteiger partial charge in [-0.15, -0.1) is 11.3 Å². The van der Waals surface area contributed by atoms with E-state index < -0.39 is 11.7 Å². The smallest absolute Gasteiger partial charge is 0.379 e. The summed E-state index contributed by atoms with van der Waals surface area (Å²) in [7, 11) is 0. The van der Waals surface area contributed by atoms with E-state index in [1.165, 1.54) is 18.2 Å². The highest BCUT2D eigenvalue weighted by atomic mass is 35.5. The van der Waals surface area contributed by atoms with Gasteiger partial charge in [0.15, 0.2) is 0 Å². The van der Waals surface area contributed by atoms with Crippen molar-refractivity contribution in [3.05, 3.63) is 55.7 Å². The highest BCUT2D eigenvalue weighted by Gasteiger charge is 2.31. The predicted octanol–water partition coefficient (Wildman–Crippen LogP) is 4.88. The van der Waals surface area contributed by atoms with Gasteiger partial charge in [-0.3, -0.25) is 9.69 Å². The molecule has 10 heteroatoms. The standard InChI is InChI=1S/C18H17Cl2F3N2O2S/c19-15-9-13(16(20)28-15)17(26)24-10-14(25-5-7-27-8-6-25)11-1-3-12(4-2-11)18(21,22)23/h1-4,9,14H,5-8,10H2,(H,24,26). The van der Waals surface area contributed by atoms with Crippen molar-refractivity contribution in [2.75, 3.05) is 32.8 Å². The normalized spacial score (nSPS) is 16.8. The first-order chi connectivity index (χ1) is 13.3. The van der Waals surface area contributed by atoms with Crippen molar-refractivity contribution >= 4 is 40.4 Å². The van der Waals surface area contributed by atoms with Gasteiger partial charge in [0.2, 0.25) is 0 Å². The highest BCUT2D eigenvalue weighted by Crippen LogP contribution is 2.32. The van der Waals surface area contributed by atoms with E-state index in [1.54, 1.807) is 0 Å². The van der Waals surface area contributed by atoms with Crippen LogP contribution in [0.3, 0.4) is 0 Å². The summed E-state index contributed by atoms with van der Waals surface area (Å²) in [5, 5.41) is 2.81. The molecule has 0 bridgehead atoms. The largest absolute Gasteiger partial charge is 0.416 e. The Hall–Kier alpha value is -1.32. The molecule has 4 nitrogen and oxygen atoms in total. The summed E-state index contributed by atoms with van der Waals surface area (Å²) in [5.74, 6) is -0.377. The summed E-state index contributed by atoms with van der Waals surface area (Å²) in [6, 6.07) is 6.21. The minimum Gasteiger partial charge on any atom is -0.379 e. The molecule has 1 N–H and O–H groups in total. The minimum absolute atomic E-state index is 0.216. The van der Waals surface area contributed by atoms with Crippen molar-refractivity contribution in [1.29, 1.82) is 0 Å². The van der Waals surface area contributed by atoms with Crippen LogP contribution in [-0.4, -0.2) is 43.7 Å². The van der Waals surface area contributed by atoms with Crippen LogP contribution in [-0.2, 0) is 10.9 Å². The fraction of sp³-hybridized carbons (Fsp3) is 0.389. The molecule has 2 aromatic rings. The number of benzene rings is 1. The molecule has 2 heterocycles. The zero-order valence-corrected chi connectivity index (χ0v) is 16.9. The molecule has 1 aliphatic heterocycles. The summed E-state index contributed by atoms with van der Waals surface area (Å²) >= 11 is 13.0. The van der Waals surface area contributed by atoms with Crippen LogP contribution in [0.25, 0.3) is 0 Å². The van der Waals surface area contributed by atoms with Crippen molar-refractivity contribution in [2.24, 2.45) is 0 Å². The molecule has 1 aromatic carbocycles. The maximum absolute atomic E-state index is 12.9. The number of carbonyl (C=O) groups is 1. The Morgan fingerprint density at radius 2 is 1.86 bits per heavy atom. The van der Waals surface area contributed by atoms with Gasteiger partial charge in [0.05, 0.1) is 34.7 Å². The van der Waals surface area contributed by atoms with E-state index in [9.17, 15) is 18.0 Å². The lowest BCUT2D eigenvalue weighted by molar-refractivity contribution is -0.137. The van der Waals surface area contributed by atoms with Crippen LogP contribution in [0.4, 0.5) is 13.2 Å². The number of hydrogen-bond acceptors (Lipinski definition) is 4. The molecule has 3 rings (SSSR count). The summed E-state index contributed by atoms with van der Waals surface area (Å²) in [4.78, 5) is 14.5. The second-order valence-electron chi connectivity index (χ2n) is 6.23. The Morgan fingerprint density at radius 3 is 2.39 bits per heavy atom. The number of morpholine rings is 1. The van der Waals surface area contributed by atoms with E-state index in [0.29, 0.717) is 40.5 Å². The van der Waals surface area contributed by atoms with Gasteiger partial charge in [0.25, 0.3) is 5.91 Å². The highest BCUT2D eigenvalue weighted by molar-refractivity contribution is 7.20. The SMILES string of the molecule is O=C(NCC(c1ccc(C(F)(F)F)cc1)N1CCOCC1)c1cc(Cl)sc1Cl. The molecule has 1 saturated heterocycles. The van der Waals surface area contributed by atoms with Crippen LogP contribution in [0.15, 0.2) is 30.3 Å². The van der Waals surface area contributed by atoms with Crippen molar-refractivity contribution < 1.29 is 22.7 Å². The number of halogens is 5. The summed E-state index contributed by atoms with van der Waals surface area (Å²) < 4.78 is 44.6. The third-order valence-electron chi connectivity index (χ3n) is 4.47. The molecule has 1 amide bonds. The van der Waals surface area contributed by atoms with Gasteiger partial charge in [-0.2, -0.15) is 13.2 Å². The van der Waals surface area contributed by atoms with Crippen molar-refractivity contribution in [2.45, 2.75) is 12.2 Å². The molecule has 1 unspecified atom stereocenters. The number of ether oxygens (including phenoxy) is 1. The number of thiophene rings is 1. The Labute approximate surface area is 174 Å². The molecule has 0 aliphatic carbocycles. The van der Waals surface area contributed by atoms with Gasteiger partial charge in [-0.25, -0.2) is 0 Å². The summed E-state index contributed by atoms with van der Waals surface area (Å²) in [6.45, 7) is 2.50. The molecule has 0 spiro atoms. The molecule has 0 saturated carbocycles. The number of amides is 1. The minimum atomic E-state index is -4.39. The van der Waals surface area contributed by atoms with Crippen LogP contribution in [0.5, 0.6) is 0 Å².